The molecule has 0 unspecified atom stereocenters. The number of hydrogen-bond acceptors (Lipinski definition) is 4. The number of methoxy groups -OCH3 is 1. The van der Waals surface area contributed by atoms with Gasteiger partial charge in [0, 0.05) is 26.7 Å². The molecule has 0 aromatic heterocycles. The lowest BCUT2D eigenvalue weighted by atomic mass is 10.2. The Morgan fingerprint density at radius 1 is 1.20 bits per heavy atom. The second-order valence-corrected chi connectivity index (χ2v) is 4.45. The fourth-order valence-corrected chi connectivity index (χ4v) is 1.57. The van der Waals surface area contributed by atoms with E-state index in [-0.39, 0.29) is 12.5 Å². The van der Waals surface area contributed by atoms with Crippen molar-refractivity contribution in [3.8, 4) is 5.75 Å². The minimum atomic E-state index is -0.0860. The van der Waals surface area contributed by atoms with E-state index in [4.69, 9.17) is 9.47 Å². The number of nitrogens with one attached hydrogen (secondary N) is 2. The molecule has 0 spiro atoms. The zero-order valence-corrected chi connectivity index (χ0v) is 12.3. The van der Waals surface area contributed by atoms with Gasteiger partial charge in [-0.05, 0) is 24.1 Å². The van der Waals surface area contributed by atoms with Crippen molar-refractivity contribution in [3.05, 3.63) is 29.8 Å². The van der Waals surface area contributed by atoms with E-state index < -0.39 is 0 Å². The number of carbonyl (C=O) groups excluding carboxylic acids is 1. The van der Waals surface area contributed by atoms with E-state index in [1.54, 1.807) is 7.11 Å². The molecule has 0 saturated heterocycles. The van der Waals surface area contributed by atoms with E-state index >= 15 is 0 Å². The molecule has 2 N–H and O–H groups in total. The summed E-state index contributed by atoms with van der Waals surface area (Å²) in [6.07, 6.45) is 0.927. The second-order valence-electron chi connectivity index (χ2n) is 4.45. The predicted molar refractivity (Wildman–Crippen MR) is 78.8 cm³/mol. The van der Waals surface area contributed by atoms with Crippen LogP contribution < -0.4 is 15.4 Å². The Balaban J connectivity index is 2.26. The van der Waals surface area contributed by atoms with Crippen molar-refractivity contribution < 1.29 is 14.3 Å². The lowest BCUT2D eigenvalue weighted by Gasteiger charge is -2.08. The van der Waals surface area contributed by atoms with Crippen molar-refractivity contribution in [1.82, 2.24) is 10.6 Å². The predicted octanol–water partition coefficient (Wildman–Crippen LogP) is 1.33. The van der Waals surface area contributed by atoms with Gasteiger partial charge in [-0.15, -0.1) is 0 Å². The summed E-state index contributed by atoms with van der Waals surface area (Å²) in [6, 6.07) is 7.72. The third-order valence-electron chi connectivity index (χ3n) is 2.68. The molecule has 0 fully saturated rings. The summed E-state index contributed by atoms with van der Waals surface area (Å²) in [5, 5.41) is 6.03. The van der Waals surface area contributed by atoms with E-state index in [0.717, 1.165) is 19.5 Å². The molecule has 0 aliphatic carbocycles. The van der Waals surface area contributed by atoms with Crippen LogP contribution in [0, 0.1) is 0 Å². The number of benzene rings is 1. The molecule has 0 saturated carbocycles. The first-order chi connectivity index (χ1) is 9.76. The highest BCUT2D eigenvalue weighted by molar-refractivity contribution is 5.77. The van der Waals surface area contributed by atoms with Crippen LogP contribution in [0.3, 0.4) is 0 Å². The molecular formula is C15H24N2O3. The van der Waals surface area contributed by atoms with Crippen LogP contribution in [-0.2, 0) is 16.1 Å². The zero-order chi connectivity index (χ0) is 14.6. The lowest BCUT2D eigenvalue weighted by Crippen LogP contribution is -2.29. The molecule has 5 heteroatoms. The van der Waals surface area contributed by atoms with Crippen LogP contribution in [0.2, 0.25) is 0 Å². The van der Waals surface area contributed by atoms with E-state index in [1.165, 1.54) is 5.56 Å². The molecule has 0 aliphatic rings. The molecule has 5 nitrogen and oxygen atoms in total. The van der Waals surface area contributed by atoms with Gasteiger partial charge in [0.2, 0.25) is 0 Å². The SMILES string of the molecule is CCCNC(=O)COc1ccc(CNCCOC)cc1. The summed E-state index contributed by atoms with van der Waals surface area (Å²) in [4.78, 5) is 11.4. The fourth-order valence-electron chi connectivity index (χ4n) is 1.57. The maximum atomic E-state index is 11.4. The molecule has 20 heavy (non-hydrogen) atoms. The summed E-state index contributed by atoms with van der Waals surface area (Å²) in [6.45, 7) is 5.08. The molecule has 1 aromatic carbocycles. The monoisotopic (exact) mass is 280 g/mol. The average Bonchev–Trinajstić information content (AvgIpc) is 2.48. The van der Waals surface area contributed by atoms with Crippen molar-refractivity contribution in [2.45, 2.75) is 19.9 Å². The first-order valence-corrected chi connectivity index (χ1v) is 6.94. The summed E-state index contributed by atoms with van der Waals surface area (Å²) >= 11 is 0. The molecule has 1 amide bonds. The van der Waals surface area contributed by atoms with E-state index in [0.29, 0.717) is 18.9 Å². The molecule has 0 heterocycles. The Labute approximate surface area is 120 Å². The van der Waals surface area contributed by atoms with Crippen molar-refractivity contribution in [2.24, 2.45) is 0 Å². The topological polar surface area (TPSA) is 59.6 Å². The standard InChI is InChI=1S/C15H24N2O3/c1-3-8-17-15(18)12-20-14-6-4-13(5-7-14)11-16-9-10-19-2/h4-7,16H,3,8-12H2,1-2H3,(H,17,18). The highest BCUT2D eigenvalue weighted by atomic mass is 16.5. The van der Waals surface area contributed by atoms with Crippen LogP contribution in [-0.4, -0.2) is 39.3 Å². The smallest absolute Gasteiger partial charge is 0.257 e. The van der Waals surface area contributed by atoms with E-state index in [9.17, 15) is 4.79 Å². The van der Waals surface area contributed by atoms with Gasteiger partial charge < -0.3 is 20.1 Å². The molecular weight excluding hydrogens is 256 g/mol. The first kappa shape index (κ1) is 16.5. The van der Waals surface area contributed by atoms with Crippen LogP contribution in [0.4, 0.5) is 0 Å². The Morgan fingerprint density at radius 2 is 1.95 bits per heavy atom. The Bertz CT molecular complexity index is 379. The number of ether oxygens (including phenoxy) is 2. The Morgan fingerprint density at radius 3 is 2.60 bits per heavy atom. The van der Waals surface area contributed by atoms with Crippen molar-refractivity contribution in [3.63, 3.8) is 0 Å². The lowest BCUT2D eigenvalue weighted by molar-refractivity contribution is -0.123. The molecule has 112 valence electrons. The van der Waals surface area contributed by atoms with Crippen LogP contribution in [0.1, 0.15) is 18.9 Å². The average molecular weight is 280 g/mol. The van der Waals surface area contributed by atoms with Gasteiger partial charge in [0.1, 0.15) is 5.75 Å². The first-order valence-electron chi connectivity index (χ1n) is 6.94. The van der Waals surface area contributed by atoms with Gasteiger partial charge in [-0.2, -0.15) is 0 Å². The van der Waals surface area contributed by atoms with Gasteiger partial charge in [-0.3, -0.25) is 4.79 Å². The molecule has 0 aliphatic heterocycles. The third kappa shape index (κ3) is 7.11. The molecule has 1 aromatic rings. The van der Waals surface area contributed by atoms with Gasteiger partial charge in [-0.25, -0.2) is 0 Å². The van der Waals surface area contributed by atoms with Crippen LogP contribution in [0.5, 0.6) is 5.75 Å². The van der Waals surface area contributed by atoms with E-state index in [1.807, 2.05) is 31.2 Å². The molecule has 0 atom stereocenters. The van der Waals surface area contributed by atoms with Gasteiger partial charge in [0.25, 0.3) is 5.91 Å². The largest absolute Gasteiger partial charge is 0.484 e. The number of carbonyl (C=O) groups is 1. The summed E-state index contributed by atoms with van der Waals surface area (Å²) in [5.74, 6) is 0.620. The summed E-state index contributed by atoms with van der Waals surface area (Å²) < 4.78 is 10.4. The maximum Gasteiger partial charge on any atom is 0.257 e. The molecule has 1 rings (SSSR count). The van der Waals surface area contributed by atoms with Crippen LogP contribution in [0.25, 0.3) is 0 Å². The van der Waals surface area contributed by atoms with Crippen LogP contribution in [0.15, 0.2) is 24.3 Å². The normalized spacial score (nSPS) is 10.3. The van der Waals surface area contributed by atoms with Gasteiger partial charge >= 0.3 is 0 Å². The van der Waals surface area contributed by atoms with Gasteiger partial charge in [-0.1, -0.05) is 19.1 Å². The summed E-state index contributed by atoms with van der Waals surface area (Å²) in [7, 11) is 1.68. The van der Waals surface area contributed by atoms with E-state index in [2.05, 4.69) is 10.6 Å². The minimum Gasteiger partial charge on any atom is -0.484 e. The highest BCUT2D eigenvalue weighted by Gasteiger charge is 2.01. The molecule has 0 bridgehead atoms. The Kier molecular flexibility index (Phi) is 8.42. The highest BCUT2D eigenvalue weighted by Crippen LogP contribution is 2.11. The van der Waals surface area contributed by atoms with Gasteiger partial charge in [0.05, 0.1) is 6.61 Å². The summed E-state index contributed by atoms with van der Waals surface area (Å²) in [5.41, 5.74) is 1.17. The number of amides is 1. The zero-order valence-electron chi connectivity index (χ0n) is 12.3. The van der Waals surface area contributed by atoms with Gasteiger partial charge in [0.15, 0.2) is 6.61 Å². The number of rotatable bonds is 10. The maximum absolute atomic E-state index is 11.4. The van der Waals surface area contributed by atoms with Crippen LogP contribution >= 0.6 is 0 Å². The van der Waals surface area contributed by atoms with Crippen molar-refractivity contribution in [1.29, 1.82) is 0 Å². The Hall–Kier alpha value is -1.59. The quantitative estimate of drug-likeness (QED) is 0.635. The number of hydrogen-bond donors (Lipinski definition) is 2. The fraction of sp³-hybridized carbons (Fsp3) is 0.533. The minimum absolute atomic E-state index is 0.0609. The van der Waals surface area contributed by atoms with Crippen molar-refractivity contribution >= 4 is 5.91 Å². The third-order valence-corrected chi connectivity index (χ3v) is 2.68. The molecule has 0 radical (unpaired) electrons. The van der Waals surface area contributed by atoms with Crippen molar-refractivity contribution in [2.75, 3.05) is 33.4 Å². The second kappa shape index (κ2) is 10.2.